The Balaban J connectivity index is 3.89. The molecule has 0 amide bonds. The van der Waals surface area contributed by atoms with E-state index in [4.69, 9.17) is 0 Å². The highest BCUT2D eigenvalue weighted by Crippen LogP contribution is 2.29. The number of sulfonamides is 1. The number of aromatic amines is 1. The van der Waals surface area contributed by atoms with Gasteiger partial charge in [-0.15, -0.1) is 0 Å². The van der Waals surface area contributed by atoms with Crippen molar-refractivity contribution in [3.8, 4) is 0 Å². The van der Waals surface area contributed by atoms with E-state index < -0.39 is 43.1 Å². The van der Waals surface area contributed by atoms with Gasteiger partial charge in [0.25, 0.3) is 6.43 Å². The van der Waals surface area contributed by atoms with Crippen molar-refractivity contribution in [2.75, 3.05) is 0 Å². The number of nitrogens with one attached hydrogen (secondary N) is 1. The predicted molar refractivity (Wildman–Crippen MR) is 50.0 cm³/mol. The van der Waals surface area contributed by atoms with Crippen LogP contribution in [0.15, 0.2) is 15.9 Å². The van der Waals surface area contributed by atoms with Gasteiger partial charge >= 0.3 is 11.2 Å². The van der Waals surface area contributed by atoms with Crippen LogP contribution in [0.4, 0.5) is 14.5 Å². The molecule has 0 radical (unpaired) electrons. The summed E-state index contributed by atoms with van der Waals surface area (Å²) in [4.78, 5) is 20.3. The minimum atomic E-state index is -4.82. The number of pyridine rings is 1. The summed E-state index contributed by atoms with van der Waals surface area (Å²) < 4.78 is 47.0. The third kappa shape index (κ3) is 2.45. The molecule has 0 saturated heterocycles. The average Bonchev–Trinajstić information content (AvgIpc) is 2.14. The molecule has 17 heavy (non-hydrogen) atoms. The largest absolute Gasteiger partial charge is 0.354 e. The zero-order chi connectivity index (χ0) is 13.4. The van der Waals surface area contributed by atoms with Crippen LogP contribution in [0.25, 0.3) is 0 Å². The topological polar surface area (TPSA) is 136 Å². The molecule has 0 aliphatic carbocycles. The van der Waals surface area contributed by atoms with Gasteiger partial charge in [-0.05, 0) is 0 Å². The molecule has 3 N–H and O–H groups in total. The zero-order valence-corrected chi connectivity index (χ0v) is 8.70. The van der Waals surface area contributed by atoms with E-state index >= 15 is 0 Å². The van der Waals surface area contributed by atoms with E-state index in [1.54, 1.807) is 4.98 Å². The number of alkyl halides is 2. The zero-order valence-electron chi connectivity index (χ0n) is 7.88. The second-order valence-electron chi connectivity index (χ2n) is 2.85. The van der Waals surface area contributed by atoms with E-state index in [9.17, 15) is 32.1 Å². The fourth-order valence-corrected chi connectivity index (χ4v) is 2.06. The Morgan fingerprint density at radius 1 is 1.47 bits per heavy atom. The van der Waals surface area contributed by atoms with E-state index in [-0.39, 0.29) is 0 Å². The molecule has 1 heterocycles. The van der Waals surface area contributed by atoms with Crippen molar-refractivity contribution in [3.05, 3.63) is 32.2 Å². The highest BCUT2D eigenvalue weighted by Gasteiger charge is 2.33. The van der Waals surface area contributed by atoms with Gasteiger partial charge in [-0.3, -0.25) is 14.9 Å². The van der Waals surface area contributed by atoms with E-state index in [1.165, 1.54) is 0 Å². The lowest BCUT2D eigenvalue weighted by Gasteiger charge is -2.06. The summed E-state index contributed by atoms with van der Waals surface area (Å²) >= 11 is 0. The van der Waals surface area contributed by atoms with Gasteiger partial charge in [0, 0.05) is 6.20 Å². The second-order valence-corrected chi connectivity index (χ2v) is 4.35. The van der Waals surface area contributed by atoms with E-state index in [0.717, 1.165) is 0 Å². The molecule has 0 aromatic carbocycles. The normalized spacial score (nSPS) is 11.8. The lowest BCUT2D eigenvalue weighted by Crippen LogP contribution is -2.23. The van der Waals surface area contributed by atoms with Gasteiger partial charge in [0.15, 0.2) is 4.90 Å². The fraction of sp³-hybridized carbons (Fsp3) is 0.167. The maximum atomic E-state index is 12.5. The van der Waals surface area contributed by atoms with Crippen LogP contribution >= 0.6 is 0 Å². The number of aromatic nitrogens is 1. The summed E-state index contributed by atoms with van der Waals surface area (Å²) in [6, 6.07) is 0. The number of H-pyrrole nitrogens is 1. The number of rotatable bonds is 3. The molecule has 8 nitrogen and oxygen atoms in total. The number of primary sulfonamides is 1. The molecule has 0 aliphatic heterocycles. The van der Waals surface area contributed by atoms with E-state index in [0.29, 0.717) is 6.20 Å². The van der Waals surface area contributed by atoms with Gasteiger partial charge in [-0.2, -0.15) is 0 Å². The highest BCUT2D eigenvalue weighted by atomic mass is 32.2. The van der Waals surface area contributed by atoms with Crippen molar-refractivity contribution >= 4 is 15.7 Å². The summed E-state index contributed by atoms with van der Waals surface area (Å²) in [5.41, 5.74) is -4.17. The minimum Gasteiger partial charge on any atom is -0.323 e. The number of hydrogen-bond acceptors (Lipinski definition) is 5. The third-order valence-corrected chi connectivity index (χ3v) is 2.75. The third-order valence-electron chi connectivity index (χ3n) is 1.75. The van der Waals surface area contributed by atoms with Crippen LogP contribution in [-0.2, 0) is 10.0 Å². The molecule has 0 atom stereocenters. The standard InChI is InChI=1S/C6H5F2N3O5S/c7-5(8)2-1-10-6(12)3(11(13)14)4(2)17(9,15)16/h1,5H,(H,10,12)(H2,9,15,16). The highest BCUT2D eigenvalue weighted by molar-refractivity contribution is 7.89. The summed E-state index contributed by atoms with van der Waals surface area (Å²) in [6.07, 6.45) is -2.96. The number of nitro groups is 1. The number of halogens is 2. The first-order valence-corrected chi connectivity index (χ1v) is 5.41. The maximum Gasteiger partial charge on any atom is 0.354 e. The predicted octanol–water partition coefficient (Wildman–Crippen LogP) is -0.132. The van der Waals surface area contributed by atoms with Crippen molar-refractivity contribution in [3.63, 3.8) is 0 Å². The molecule has 94 valence electrons. The molecule has 0 spiro atoms. The van der Waals surface area contributed by atoms with Crippen LogP contribution in [0, 0.1) is 10.1 Å². The summed E-state index contributed by atoms with van der Waals surface area (Å²) in [7, 11) is -4.82. The Morgan fingerprint density at radius 3 is 2.35 bits per heavy atom. The van der Waals surface area contributed by atoms with Crippen LogP contribution in [0.2, 0.25) is 0 Å². The first kappa shape index (κ1) is 13.2. The van der Waals surface area contributed by atoms with Gasteiger partial charge < -0.3 is 4.98 Å². The summed E-state index contributed by atoms with van der Waals surface area (Å²) in [5.74, 6) is 0. The Morgan fingerprint density at radius 2 is 2.00 bits per heavy atom. The lowest BCUT2D eigenvalue weighted by molar-refractivity contribution is -0.389. The Hall–Kier alpha value is -1.88. The Labute approximate surface area is 92.3 Å². The van der Waals surface area contributed by atoms with E-state index in [1.807, 2.05) is 0 Å². The van der Waals surface area contributed by atoms with Crippen molar-refractivity contribution in [2.24, 2.45) is 5.14 Å². The van der Waals surface area contributed by atoms with Crippen LogP contribution in [0.3, 0.4) is 0 Å². The summed E-state index contributed by atoms with van der Waals surface area (Å²) in [6.45, 7) is 0. The molecule has 1 aromatic rings. The smallest absolute Gasteiger partial charge is 0.323 e. The van der Waals surface area contributed by atoms with Crippen molar-refractivity contribution in [1.82, 2.24) is 4.98 Å². The monoisotopic (exact) mass is 269 g/mol. The molecule has 11 heteroatoms. The molecular weight excluding hydrogens is 264 g/mol. The molecular formula is C6H5F2N3O5S. The molecule has 0 unspecified atom stereocenters. The van der Waals surface area contributed by atoms with Gasteiger partial charge in [0.2, 0.25) is 10.0 Å². The van der Waals surface area contributed by atoms with Crippen LogP contribution in [0.5, 0.6) is 0 Å². The summed E-state index contributed by atoms with van der Waals surface area (Å²) in [5, 5.41) is 15.1. The minimum absolute atomic E-state index is 0.375. The quantitative estimate of drug-likeness (QED) is 0.581. The first-order valence-electron chi connectivity index (χ1n) is 3.87. The van der Waals surface area contributed by atoms with Gasteiger partial charge in [-0.1, -0.05) is 0 Å². The maximum absolute atomic E-state index is 12.5. The molecule has 0 bridgehead atoms. The number of hydrogen-bond donors (Lipinski definition) is 2. The fourth-order valence-electron chi connectivity index (χ4n) is 1.14. The molecule has 1 rings (SSSR count). The SMILES string of the molecule is NS(=O)(=O)c1c(C(F)F)c[nH]c(=O)c1[N+](=O)[O-]. The lowest BCUT2D eigenvalue weighted by atomic mass is 10.2. The average molecular weight is 269 g/mol. The molecule has 0 fully saturated rings. The Bertz CT molecular complexity index is 623. The molecule has 0 aliphatic rings. The second kappa shape index (κ2) is 4.18. The van der Waals surface area contributed by atoms with Gasteiger partial charge in [-0.25, -0.2) is 22.3 Å². The number of nitrogens with zero attached hydrogens (tertiary/aromatic N) is 1. The van der Waals surface area contributed by atoms with Crippen LogP contribution < -0.4 is 10.7 Å². The Kier molecular flexibility index (Phi) is 3.24. The first-order chi connectivity index (χ1) is 7.66. The van der Waals surface area contributed by atoms with Gasteiger partial charge in [0.1, 0.15) is 0 Å². The molecule has 1 aromatic heterocycles. The van der Waals surface area contributed by atoms with Crippen molar-refractivity contribution < 1.29 is 22.1 Å². The van der Waals surface area contributed by atoms with Crippen LogP contribution in [-0.4, -0.2) is 18.3 Å². The number of nitrogens with two attached hydrogens (primary N) is 1. The van der Waals surface area contributed by atoms with E-state index in [2.05, 4.69) is 5.14 Å². The van der Waals surface area contributed by atoms with Gasteiger partial charge in [0.05, 0.1) is 10.5 Å². The van der Waals surface area contributed by atoms with Crippen molar-refractivity contribution in [2.45, 2.75) is 11.3 Å². The van der Waals surface area contributed by atoms with Crippen LogP contribution in [0.1, 0.15) is 12.0 Å². The molecule has 0 saturated carbocycles. The van der Waals surface area contributed by atoms with Crippen molar-refractivity contribution in [1.29, 1.82) is 0 Å².